The van der Waals surface area contributed by atoms with E-state index in [-0.39, 0.29) is 11.6 Å². The first kappa shape index (κ1) is 14.3. The van der Waals surface area contributed by atoms with Crippen LogP contribution in [0.2, 0.25) is 0 Å². The summed E-state index contributed by atoms with van der Waals surface area (Å²) in [5.74, 6) is 0. The summed E-state index contributed by atoms with van der Waals surface area (Å²) < 4.78 is 5.37. The molecule has 0 radical (unpaired) electrons. The summed E-state index contributed by atoms with van der Waals surface area (Å²) in [6.07, 6.45) is 5.69. The summed E-state index contributed by atoms with van der Waals surface area (Å²) in [4.78, 5) is 13.0. The minimum absolute atomic E-state index is 0.00190. The highest BCUT2D eigenvalue weighted by Gasteiger charge is 2.33. The van der Waals surface area contributed by atoms with E-state index in [1.165, 1.54) is 24.2 Å². The van der Waals surface area contributed by atoms with Crippen molar-refractivity contribution in [3.8, 4) is 0 Å². The standard InChI is InChI=1S/C13H26N2O2/c1-11(2)14-13(8-6-5-7-9-13)10-17-12(16)15(3)4/h11,14H,5-10H2,1-4H3. The van der Waals surface area contributed by atoms with Crippen LogP contribution in [0, 0.1) is 0 Å². The second-order valence-corrected chi connectivity index (χ2v) is 5.59. The topological polar surface area (TPSA) is 41.6 Å². The third-order valence-electron chi connectivity index (χ3n) is 3.24. The Kier molecular flexibility index (Phi) is 5.25. The molecule has 0 aromatic rings. The summed E-state index contributed by atoms with van der Waals surface area (Å²) in [5.41, 5.74) is -0.00190. The van der Waals surface area contributed by atoms with Crippen LogP contribution in [0.1, 0.15) is 46.0 Å². The Morgan fingerprint density at radius 1 is 1.29 bits per heavy atom. The number of ether oxygens (including phenoxy) is 1. The van der Waals surface area contributed by atoms with Gasteiger partial charge in [-0.25, -0.2) is 4.79 Å². The molecule has 1 aliphatic carbocycles. The van der Waals surface area contributed by atoms with Gasteiger partial charge < -0.3 is 15.0 Å². The van der Waals surface area contributed by atoms with Crippen LogP contribution in [0.5, 0.6) is 0 Å². The van der Waals surface area contributed by atoms with E-state index < -0.39 is 0 Å². The van der Waals surface area contributed by atoms with Crippen molar-refractivity contribution in [2.45, 2.75) is 57.5 Å². The van der Waals surface area contributed by atoms with Gasteiger partial charge in [0.15, 0.2) is 0 Å². The third-order valence-corrected chi connectivity index (χ3v) is 3.24. The lowest BCUT2D eigenvalue weighted by atomic mass is 9.82. The van der Waals surface area contributed by atoms with Gasteiger partial charge in [-0.15, -0.1) is 0 Å². The number of hydrogen-bond acceptors (Lipinski definition) is 3. The SMILES string of the molecule is CC(C)NC1(COC(=O)N(C)C)CCCCC1. The highest BCUT2D eigenvalue weighted by molar-refractivity contribution is 5.66. The molecule has 0 aliphatic heterocycles. The molecule has 0 aromatic heterocycles. The van der Waals surface area contributed by atoms with E-state index in [0.717, 1.165) is 12.8 Å². The first-order valence-corrected chi connectivity index (χ1v) is 6.57. The maximum absolute atomic E-state index is 11.5. The molecule has 1 saturated carbocycles. The van der Waals surface area contributed by atoms with E-state index in [2.05, 4.69) is 19.2 Å². The van der Waals surface area contributed by atoms with Crippen LogP contribution in [0.15, 0.2) is 0 Å². The Morgan fingerprint density at radius 2 is 1.88 bits per heavy atom. The Balaban J connectivity index is 2.54. The molecule has 1 rings (SSSR count). The molecule has 4 heteroatoms. The van der Waals surface area contributed by atoms with Gasteiger partial charge in [-0.05, 0) is 12.8 Å². The first-order valence-electron chi connectivity index (χ1n) is 6.57. The van der Waals surface area contributed by atoms with Crippen molar-refractivity contribution in [1.29, 1.82) is 0 Å². The van der Waals surface area contributed by atoms with Crippen molar-refractivity contribution in [1.82, 2.24) is 10.2 Å². The molecule has 0 bridgehead atoms. The predicted molar refractivity (Wildman–Crippen MR) is 69.1 cm³/mol. The van der Waals surface area contributed by atoms with Crippen LogP contribution in [0.4, 0.5) is 4.79 Å². The van der Waals surface area contributed by atoms with Gasteiger partial charge in [-0.2, -0.15) is 0 Å². The van der Waals surface area contributed by atoms with Crippen LogP contribution in [0.25, 0.3) is 0 Å². The van der Waals surface area contributed by atoms with Crippen LogP contribution in [-0.2, 0) is 4.74 Å². The lowest BCUT2D eigenvalue weighted by Gasteiger charge is -2.39. The van der Waals surface area contributed by atoms with Gasteiger partial charge >= 0.3 is 6.09 Å². The van der Waals surface area contributed by atoms with E-state index in [4.69, 9.17) is 4.74 Å². The van der Waals surface area contributed by atoms with Crippen molar-refractivity contribution in [3.05, 3.63) is 0 Å². The van der Waals surface area contributed by atoms with Crippen LogP contribution >= 0.6 is 0 Å². The molecule has 1 aliphatic rings. The van der Waals surface area contributed by atoms with Crippen LogP contribution < -0.4 is 5.32 Å². The van der Waals surface area contributed by atoms with Crippen molar-refractivity contribution in [2.75, 3.05) is 20.7 Å². The minimum atomic E-state index is -0.250. The average Bonchev–Trinajstić information content (AvgIpc) is 2.26. The molecule has 17 heavy (non-hydrogen) atoms. The molecule has 0 unspecified atom stereocenters. The van der Waals surface area contributed by atoms with Gasteiger partial charge in [-0.3, -0.25) is 0 Å². The van der Waals surface area contributed by atoms with Gasteiger partial charge in [0.1, 0.15) is 6.61 Å². The van der Waals surface area contributed by atoms with E-state index in [1.807, 2.05) is 0 Å². The molecular weight excluding hydrogens is 216 g/mol. The third kappa shape index (κ3) is 4.54. The van der Waals surface area contributed by atoms with Gasteiger partial charge in [0, 0.05) is 20.1 Å². The monoisotopic (exact) mass is 242 g/mol. The van der Waals surface area contributed by atoms with Gasteiger partial charge in [-0.1, -0.05) is 33.1 Å². The lowest BCUT2D eigenvalue weighted by molar-refractivity contribution is 0.0625. The lowest BCUT2D eigenvalue weighted by Crippen LogP contribution is -2.53. The van der Waals surface area contributed by atoms with Crippen molar-refractivity contribution in [3.63, 3.8) is 0 Å². The quantitative estimate of drug-likeness (QED) is 0.823. The Bertz CT molecular complexity index is 246. The first-order chi connectivity index (χ1) is 7.95. The molecule has 100 valence electrons. The van der Waals surface area contributed by atoms with E-state index in [1.54, 1.807) is 14.1 Å². The summed E-state index contributed by atoms with van der Waals surface area (Å²) >= 11 is 0. The van der Waals surface area contributed by atoms with Gasteiger partial charge in [0.25, 0.3) is 0 Å². The molecular formula is C13H26N2O2. The number of carbonyl (C=O) groups is 1. The molecule has 1 N–H and O–H groups in total. The zero-order valence-electron chi connectivity index (χ0n) is 11.6. The van der Waals surface area contributed by atoms with Gasteiger partial charge in [0.2, 0.25) is 0 Å². The fourth-order valence-electron chi connectivity index (χ4n) is 2.50. The Morgan fingerprint density at radius 3 is 2.35 bits per heavy atom. The number of nitrogens with zero attached hydrogens (tertiary/aromatic N) is 1. The maximum atomic E-state index is 11.5. The fraction of sp³-hybridized carbons (Fsp3) is 0.923. The zero-order chi connectivity index (χ0) is 12.9. The second kappa shape index (κ2) is 6.24. The highest BCUT2D eigenvalue weighted by atomic mass is 16.6. The zero-order valence-corrected chi connectivity index (χ0v) is 11.6. The van der Waals surface area contributed by atoms with Crippen molar-refractivity contribution < 1.29 is 9.53 Å². The number of carbonyl (C=O) groups excluding carboxylic acids is 1. The van der Waals surface area contributed by atoms with Crippen molar-refractivity contribution in [2.24, 2.45) is 0 Å². The highest BCUT2D eigenvalue weighted by Crippen LogP contribution is 2.29. The molecule has 4 nitrogen and oxygen atoms in total. The maximum Gasteiger partial charge on any atom is 0.409 e. The van der Waals surface area contributed by atoms with Gasteiger partial charge in [0.05, 0.1) is 5.54 Å². The average molecular weight is 242 g/mol. The minimum Gasteiger partial charge on any atom is -0.447 e. The van der Waals surface area contributed by atoms with Crippen LogP contribution in [-0.4, -0.2) is 43.3 Å². The Labute approximate surface area is 105 Å². The predicted octanol–water partition coefficient (Wildman–Crippen LogP) is 2.39. The summed E-state index contributed by atoms with van der Waals surface area (Å²) in [6, 6.07) is 0.422. The number of nitrogens with one attached hydrogen (secondary N) is 1. The fourth-order valence-corrected chi connectivity index (χ4v) is 2.50. The molecule has 1 fully saturated rings. The van der Waals surface area contributed by atoms with E-state index in [9.17, 15) is 4.79 Å². The van der Waals surface area contributed by atoms with E-state index in [0.29, 0.717) is 12.6 Å². The second-order valence-electron chi connectivity index (χ2n) is 5.59. The van der Waals surface area contributed by atoms with E-state index >= 15 is 0 Å². The summed E-state index contributed by atoms with van der Waals surface area (Å²) in [7, 11) is 3.43. The number of amides is 1. The van der Waals surface area contributed by atoms with Crippen LogP contribution in [0.3, 0.4) is 0 Å². The normalized spacial score (nSPS) is 19.1. The molecule has 0 atom stereocenters. The smallest absolute Gasteiger partial charge is 0.409 e. The Hall–Kier alpha value is -0.770. The summed E-state index contributed by atoms with van der Waals surface area (Å²) in [6.45, 7) is 4.77. The molecule has 0 aromatic carbocycles. The molecule has 0 spiro atoms. The molecule has 1 amide bonds. The molecule has 0 saturated heterocycles. The summed E-state index contributed by atoms with van der Waals surface area (Å²) in [5, 5.41) is 3.59. The molecule has 0 heterocycles. The number of rotatable bonds is 4. The van der Waals surface area contributed by atoms with Crippen molar-refractivity contribution >= 4 is 6.09 Å². The largest absolute Gasteiger partial charge is 0.447 e. The number of hydrogen-bond donors (Lipinski definition) is 1.